The van der Waals surface area contributed by atoms with Crippen LogP contribution in [0.15, 0.2) is 101 Å². The van der Waals surface area contributed by atoms with Gasteiger partial charge in [0, 0.05) is 22.4 Å². The van der Waals surface area contributed by atoms with Crippen LogP contribution in [-0.2, 0) is 4.79 Å². The van der Waals surface area contributed by atoms with Crippen molar-refractivity contribution in [1.29, 1.82) is 0 Å². The summed E-state index contributed by atoms with van der Waals surface area (Å²) in [6, 6.07) is 22.3. The zero-order valence-electron chi connectivity index (χ0n) is 21.3. The Kier molecular flexibility index (Phi) is 9.05. The second-order valence-corrected chi connectivity index (χ2v) is 9.03. The molecule has 0 fully saturated rings. The minimum atomic E-state index is -0.555. The van der Waals surface area contributed by atoms with Crippen LogP contribution in [-0.4, -0.2) is 31.8 Å². The molecule has 0 atom stereocenters. The highest BCUT2D eigenvalue weighted by atomic mass is 32.1. The van der Waals surface area contributed by atoms with Gasteiger partial charge in [-0.3, -0.25) is 14.4 Å². The third kappa shape index (κ3) is 7.09. The molecule has 39 heavy (non-hydrogen) atoms. The van der Waals surface area contributed by atoms with Crippen LogP contribution in [0.1, 0.15) is 31.8 Å². The van der Waals surface area contributed by atoms with Crippen LogP contribution in [0.25, 0.3) is 12.2 Å². The Hall–Kier alpha value is -4.95. The van der Waals surface area contributed by atoms with Crippen LogP contribution < -0.4 is 20.1 Å². The Morgan fingerprint density at radius 2 is 1.59 bits per heavy atom. The normalized spacial score (nSPS) is 11.2. The summed E-state index contributed by atoms with van der Waals surface area (Å²) in [6.07, 6.45) is 4.79. The fraction of sp³-hybridized carbons (Fsp3) is 0.0645. The number of amides is 2. The van der Waals surface area contributed by atoms with Gasteiger partial charge in [-0.05, 0) is 77.0 Å². The standard InChI is InChI=1S/C31H26N2O5S/c1-37-28-10-6-9-24(29(28)38-2)19-26(33-30(35)23-7-4-3-5-8-23)31(36)32-25-14-12-22(13-15-25)27(34)16-11-21-17-18-39-20-21/h3-20H,1-2H3,(H,32,36)(H,33,35)/b16-11+,26-19-. The molecule has 0 aliphatic rings. The van der Waals surface area contributed by atoms with E-state index in [1.54, 1.807) is 90.2 Å². The van der Waals surface area contributed by atoms with Gasteiger partial charge in [0.05, 0.1) is 14.2 Å². The summed E-state index contributed by atoms with van der Waals surface area (Å²) in [4.78, 5) is 38.8. The van der Waals surface area contributed by atoms with Gasteiger partial charge in [0.2, 0.25) is 0 Å². The molecule has 4 rings (SSSR count). The predicted octanol–water partition coefficient (Wildman–Crippen LogP) is 6.07. The average Bonchev–Trinajstić information content (AvgIpc) is 3.50. The van der Waals surface area contributed by atoms with Crippen molar-refractivity contribution < 1.29 is 23.9 Å². The summed E-state index contributed by atoms with van der Waals surface area (Å²) >= 11 is 1.56. The Morgan fingerprint density at radius 3 is 2.26 bits per heavy atom. The number of allylic oxidation sites excluding steroid dienone is 1. The smallest absolute Gasteiger partial charge is 0.272 e. The van der Waals surface area contributed by atoms with E-state index in [0.717, 1.165) is 5.56 Å². The van der Waals surface area contributed by atoms with Crippen LogP contribution in [0, 0.1) is 0 Å². The largest absolute Gasteiger partial charge is 0.493 e. The summed E-state index contributed by atoms with van der Waals surface area (Å²) in [5.74, 6) is -0.260. The summed E-state index contributed by atoms with van der Waals surface area (Å²) < 4.78 is 10.8. The van der Waals surface area contributed by atoms with Crippen LogP contribution in [0.2, 0.25) is 0 Å². The lowest BCUT2D eigenvalue weighted by Crippen LogP contribution is -2.30. The van der Waals surface area contributed by atoms with Gasteiger partial charge in [0.15, 0.2) is 17.3 Å². The van der Waals surface area contributed by atoms with Gasteiger partial charge >= 0.3 is 0 Å². The van der Waals surface area contributed by atoms with Crippen molar-refractivity contribution >= 4 is 46.8 Å². The maximum absolute atomic E-state index is 13.3. The van der Waals surface area contributed by atoms with E-state index in [-0.39, 0.29) is 11.5 Å². The van der Waals surface area contributed by atoms with E-state index in [1.807, 2.05) is 16.8 Å². The topological polar surface area (TPSA) is 93.7 Å². The molecule has 3 aromatic carbocycles. The molecule has 1 aromatic heterocycles. The van der Waals surface area contributed by atoms with Crippen molar-refractivity contribution in [3.05, 3.63) is 124 Å². The number of rotatable bonds is 10. The Labute approximate surface area is 230 Å². The van der Waals surface area contributed by atoms with Gasteiger partial charge in [-0.1, -0.05) is 36.4 Å². The third-order valence-corrected chi connectivity index (χ3v) is 6.36. The average molecular weight is 539 g/mol. The molecule has 0 aliphatic heterocycles. The van der Waals surface area contributed by atoms with Crippen molar-refractivity contribution in [1.82, 2.24) is 5.32 Å². The number of carbonyl (C=O) groups excluding carboxylic acids is 3. The van der Waals surface area contributed by atoms with Gasteiger partial charge in [0.1, 0.15) is 5.70 Å². The minimum Gasteiger partial charge on any atom is -0.493 e. The molecule has 0 unspecified atom stereocenters. The Morgan fingerprint density at radius 1 is 0.821 bits per heavy atom. The molecule has 0 saturated heterocycles. The van der Waals surface area contributed by atoms with Crippen molar-refractivity contribution in [3.63, 3.8) is 0 Å². The fourth-order valence-electron chi connectivity index (χ4n) is 3.68. The molecule has 0 spiro atoms. The number of benzene rings is 3. The minimum absolute atomic E-state index is 0.00532. The lowest BCUT2D eigenvalue weighted by molar-refractivity contribution is -0.113. The number of thiophene rings is 1. The predicted molar refractivity (Wildman–Crippen MR) is 154 cm³/mol. The first-order valence-corrected chi connectivity index (χ1v) is 12.9. The highest BCUT2D eigenvalue weighted by molar-refractivity contribution is 7.08. The van der Waals surface area contributed by atoms with Gasteiger partial charge in [-0.25, -0.2) is 0 Å². The fourth-order valence-corrected chi connectivity index (χ4v) is 4.31. The van der Waals surface area contributed by atoms with Crippen molar-refractivity contribution in [2.45, 2.75) is 0 Å². The summed E-state index contributed by atoms with van der Waals surface area (Å²) in [6.45, 7) is 0. The van der Waals surface area contributed by atoms with E-state index in [4.69, 9.17) is 9.47 Å². The second-order valence-electron chi connectivity index (χ2n) is 8.25. The Bertz CT molecular complexity index is 1510. The molecule has 0 aliphatic carbocycles. The number of ether oxygens (including phenoxy) is 2. The zero-order valence-corrected chi connectivity index (χ0v) is 22.2. The first kappa shape index (κ1) is 27.1. The summed E-state index contributed by atoms with van der Waals surface area (Å²) in [5, 5.41) is 9.38. The monoisotopic (exact) mass is 538 g/mol. The van der Waals surface area contributed by atoms with E-state index < -0.39 is 11.8 Å². The van der Waals surface area contributed by atoms with E-state index in [9.17, 15) is 14.4 Å². The molecule has 4 aromatic rings. The maximum Gasteiger partial charge on any atom is 0.272 e. The molecule has 2 N–H and O–H groups in total. The van der Waals surface area contributed by atoms with E-state index in [1.165, 1.54) is 26.4 Å². The van der Waals surface area contributed by atoms with Crippen molar-refractivity contribution in [2.24, 2.45) is 0 Å². The number of ketones is 1. The molecular weight excluding hydrogens is 512 g/mol. The third-order valence-electron chi connectivity index (χ3n) is 5.66. The highest BCUT2D eigenvalue weighted by Gasteiger charge is 2.17. The molecule has 7 nitrogen and oxygen atoms in total. The quantitative estimate of drug-likeness (QED) is 0.189. The number of hydrogen-bond donors (Lipinski definition) is 2. The van der Waals surface area contributed by atoms with Gasteiger partial charge in [-0.2, -0.15) is 11.3 Å². The van der Waals surface area contributed by atoms with Gasteiger partial charge in [0.25, 0.3) is 11.8 Å². The van der Waals surface area contributed by atoms with E-state index in [2.05, 4.69) is 10.6 Å². The first-order chi connectivity index (χ1) is 19.0. The molecule has 2 amide bonds. The SMILES string of the molecule is COc1cccc(/C=C(\NC(=O)c2ccccc2)C(=O)Nc2ccc(C(=O)/C=C/c3ccsc3)cc2)c1OC. The maximum atomic E-state index is 13.3. The van der Waals surface area contributed by atoms with Gasteiger partial charge < -0.3 is 20.1 Å². The molecule has 8 heteroatoms. The van der Waals surface area contributed by atoms with Crippen LogP contribution in [0.3, 0.4) is 0 Å². The lowest BCUT2D eigenvalue weighted by Gasteiger charge is -2.14. The number of methoxy groups -OCH3 is 2. The Balaban J connectivity index is 1.57. The number of para-hydroxylation sites is 1. The van der Waals surface area contributed by atoms with E-state index >= 15 is 0 Å². The number of anilines is 1. The second kappa shape index (κ2) is 13.0. The number of hydrogen-bond acceptors (Lipinski definition) is 6. The van der Waals surface area contributed by atoms with Crippen LogP contribution in [0.4, 0.5) is 5.69 Å². The summed E-state index contributed by atoms with van der Waals surface area (Å²) in [7, 11) is 3.01. The molecular formula is C31H26N2O5S. The van der Waals surface area contributed by atoms with Crippen LogP contribution >= 0.6 is 11.3 Å². The molecule has 0 bridgehead atoms. The van der Waals surface area contributed by atoms with E-state index in [0.29, 0.717) is 33.9 Å². The number of nitrogens with one attached hydrogen (secondary N) is 2. The zero-order chi connectivity index (χ0) is 27.6. The molecule has 196 valence electrons. The van der Waals surface area contributed by atoms with Crippen molar-refractivity contribution in [3.8, 4) is 11.5 Å². The van der Waals surface area contributed by atoms with Crippen molar-refractivity contribution in [2.75, 3.05) is 19.5 Å². The molecule has 0 saturated carbocycles. The van der Waals surface area contributed by atoms with Gasteiger partial charge in [-0.15, -0.1) is 0 Å². The lowest BCUT2D eigenvalue weighted by atomic mass is 10.1. The molecule has 0 radical (unpaired) electrons. The first-order valence-electron chi connectivity index (χ1n) is 11.9. The molecule has 1 heterocycles. The number of carbonyl (C=O) groups is 3. The summed E-state index contributed by atoms with van der Waals surface area (Å²) in [5.41, 5.74) is 2.82. The highest BCUT2D eigenvalue weighted by Crippen LogP contribution is 2.32. The van der Waals surface area contributed by atoms with Crippen LogP contribution in [0.5, 0.6) is 11.5 Å².